The Kier molecular flexibility index (Phi) is 22.5. The first kappa shape index (κ1) is 78.8. The molecule has 0 spiro atoms. The molecular weight excluding hydrogens is 1530 g/mol. The number of ether oxygens (including phenoxy) is 2. The Bertz CT molecular complexity index is 5950. The number of anilines is 15. The van der Waals surface area contributed by atoms with Crippen molar-refractivity contribution in [2.45, 2.75) is 38.8 Å². The third-order valence-electron chi connectivity index (χ3n) is 23.4. The maximum absolute atomic E-state index is 6.33. The molecule has 0 saturated heterocycles. The molecule has 0 atom stereocenters. The van der Waals surface area contributed by atoms with Crippen LogP contribution in [0.5, 0.6) is 23.0 Å². The zero-order chi connectivity index (χ0) is 83.2. The Morgan fingerprint density at radius 2 is 0.434 bits per heavy atom. The van der Waals surface area contributed by atoms with Crippen molar-refractivity contribution in [3.8, 4) is 67.5 Å². The first-order valence-electron chi connectivity index (χ1n) is 41.3. The molecule has 23 rings (SSSR count). The van der Waals surface area contributed by atoms with Crippen LogP contribution in [0.1, 0.15) is 25.0 Å². The van der Waals surface area contributed by atoms with Crippen molar-refractivity contribution in [3.63, 3.8) is 0 Å². The second-order valence-corrected chi connectivity index (χ2v) is 33.3. The van der Waals surface area contributed by atoms with E-state index in [-0.39, 0.29) is 5.41 Å². The maximum Gasteiger partial charge on any atom is 0.151 e. The van der Waals surface area contributed by atoms with Crippen LogP contribution < -0.4 is 43.8 Å². The molecule has 6 heterocycles. The van der Waals surface area contributed by atoms with Crippen molar-refractivity contribution in [2.24, 2.45) is 0 Å². The number of fused-ring (bicyclic) bond motifs is 12. The summed E-state index contributed by atoms with van der Waals surface area (Å²) in [6, 6.07) is 146. The molecule has 0 fully saturated rings. The van der Waals surface area contributed by atoms with Crippen molar-refractivity contribution < 1.29 is 9.47 Å². The Morgan fingerprint density at radius 3 is 0.828 bits per heavy atom. The van der Waals surface area contributed by atoms with E-state index in [1.165, 1.54) is 127 Å². The number of para-hydroxylation sites is 13. The highest BCUT2D eigenvalue weighted by Gasteiger charge is 2.35. The third kappa shape index (κ3) is 15.9. The molecule has 596 valence electrons. The molecule has 17 aromatic rings. The van der Waals surface area contributed by atoms with Crippen LogP contribution in [0.3, 0.4) is 0 Å². The van der Waals surface area contributed by atoms with Gasteiger partial charge in [-0.3, -0.25) is 0 Å². The van der Waals surface area contributed by atoms with E-state index in [0.717, 1.165) is 56.9 Å². The zero-order valence-corrected chi connectivity index (χ0v) is 71.2. The van der Waals surface area contributed by atoms with Crippen LogP contribution in [-0.4, -0.2) is 42.3 Å². The van der Waals surface area contributed by atoms with Crippen molar-refractivity contribution in [1.82, 2.24) is 0 Å². The van der Waals surface area contributed by atoms with Crippen molar-refractivity contribution >= 4 is 109 Å². The first-order valence-corrected chi connectivity index (χ1v) is 42.9. The summed E-state index contributed by atoms with van der Waals surface area (Å²) >= 11 is 3.71. The topological polar surface area (TPSA) is 41.1 Å². The van der Waals surface area contributed by atoms with Gasteiger partial charge in [0, 0.05) is 84.3 Å². The van der Waals surface area contributed by atoms with E-state index in [0.29, 0.717) is 0 Å². The van der Waals surface area contributed by atoms with Gasteiger partial charge in [-0.05, 0) is 201 Å². The lowest BCUT2D eigenvalue weighted by Crippen LogP contribution is -2.30. The Labute approximate surface area is 725 Å². The highest BCUT2D eigenvalue weighted by molar-refractivity contribution is 8.00. The minimum atomic E-state index is 0.0830. The first-order chi connectivity index (χ1) is 59.8. The fourth-order valence-electron chi connectivity index (χ4n) is 16.9. The predicted molar refractivity (Wildman–Crippen MR) is 516 cm³/mol. The minimum Gasteiger partial charge on any atom is -0.453 e. The second kappa shape index (κ2) is 34.9. The fourth-order valence-corrected chi connectivity index (χ4v) is 19.2. The van der Waals surface area contributed by atoms with Gasteiger partial charge in [0.2, 0.25) is 0 Å². The van der Waals surface area contributed by atoms with Gasteiger partial charge < -0.3 is 43.8 Å². The molecule has 6 aliphatic heterocycles. The molecule has 6 aliphatic rings. The summed E-state index contributed by atoms with van der Waals surface area (Å²) in [4.78, 5) is 21.0. The molecule has 0 saturated carbocycles. The number of hydrogen-bond donors (Lipinski definition) is 0. The molecule has 11 heteroatoms. The second-order valence-electron chi connectivity index (χ2n) is 31.1. The van der Waals surface area contributed by atoms with Crippen molar-refractivity contribution in [3.05, 3.63) is 430 Å². The quantitative estimate of drug-likeness (QED) is 0.166. The molecule has 122 heavy (non-hydrogen) atoms. The molecule has 0 aliphatic carbocycles. The Hall–Kier alpha value is -14.4. The van der Waals surface area contributed by atoms with Crippen LogP contribution in [0.2, 0.25) is 0 Å². The Balaban J connectivity index is 0.000000102. The van der Waals surface area contributed by atoms with Gasteiger partial charge in [-0.15, -0.1) is 0 Å². The summed E-state index contributed by atoms with van der Waals surface area (Å²) < 4.78 is 12.1. The predicted octanol–water partition coefficient (Wildman–Crippen LogP) is 31.0. The number of benzene rings is 17. The molecule has 0 amide bonds. The molecular formula is C111H93N7O2S2. The summed E-state index contributed by atoms with van der Waals surface area (Å²) in [6.45, 7) is 4.61. The van der Waals surface area contributed by atoms with Crippen LogP contribution in [0.15, 0.2) is 438 Å². The Morgan fingerprint density at radius 1 is 0.189 bits per heavy atom. The molecule has 9 nitrogen and oxygen atoms in total. The van der Waals surface area contributed by atoms with Crippen LogP contribution in [0, 0.1) is 0 Å². The minimum absolute atomic E-state index is 0.0830. The molecule has 0 radical (unpaired) electrons. The van der Waals surface area contributed by atoms with E-state index in [4.69, 9.17) is 9.47 Å². The lowest BCUT2D eigenvalue weighted by Gasteiger charge is -2.40. The number of nitrogens with zero attached hydrogens (tertiary/aromatic N) is 7. The molecule has 17 aromatic carbocycles. The summed E-state index contributed by atoms with van der Waals surface area (Å²) in [5.41, 5.74) is 30.8. The van der Waals surface area contributed by atoms with E-state index in [2.05, 4.69) is 460 Å². The van der Waals surface area contributed by atoms with Crippen LogP contribution in [0.25, 0.3) is 44.5 Å². The van der Waals surface area contributed by atoms with Crippen molar-refractivity contribution in [1.29, 1.82) is 0 Å². The maximum atomic E-state index is 6.33. The van der Waals surface area contributed by atoms with E-state index in [1.807, 2.05) is 72.1 Å². The average Bonchev–Trinajstić information content (AvgIpc) is 0.741. The van der Waals surface area contributed by atoms with Gasteiger partial charge in [-0.25, -0.2) is 0 Å². The smallest absolute Gasteiger partial charge is 0.151 e. The number of hydrogen-bond acceptors (Lipinski definition) is 11. The summed E-state index contributed by atoms with van der Waals surface area (Å²) in [5, 5.41) is 0. The van der Waals surface area contributed by atoms with E-state index < -0.39 is 0 Å². The van der Waals surface area contributed by atoms with Gasteiger partial charge in [0.1, 0.15) is 0 Å². The number of rotatable bonds is 5. The largest absolute Gasteiger partial charge is 0.453 e. The van der Waals surface area contributed by atoms with Gasteiger partial charge in [0.25, 0.3) is 0 Å². The van der Waals surface area contributed by atoms with E-state index in [9.17, 15) is 0 Å². The standard InChI is InChI=1S/C25H19NO.C25H19NS.C19H16N2.C16H17N.C13H11NO.C13H11NS/c2*1-26-22-14-12-20(18-8-4-2-5-9-18)16-24(22)27-25-17-21(13-15-23(25)26)19-10-6-3-7-11-19;1-20-16-11-5-7-13-18(16)21(15-9-3-2-4-10-15)19-14-8-6-12-17(19)20;1-16(2)12-8-4-6-10-14(12)17(3)15-11-7-5-9-13(15)16;2*1-14-10-6-2-4-8-12(10)15-13-9-5-3-7-11(13)14/h2*2-17H,1H3;2-14H,1H3;4-11H,1-3H3;2*2-9H,1H3. The molecule has 0 N–H and O–H groups in total. The summed E-state index contributed by atoms with van der Waals surface area (Å²) in [7, 11) is 12.7. The highest BCUT2D eigenvalue weighted by Crippen LogP contribution is 2.55. The summed E-state index contributed by atoms with van der Waals surface area (Å²) in [5.74, 6) is 3.60. The summed E-state index contributed by atoms with van der Waals surface area (Å²) in [6.07, 6.45) is 0. The normalized spacial score (nSPS) is 13.1. The van der Waals surface area contributed by atoms with Gasteiger partial charge in [-0.2, -0.15) is 0 Å². The van der Waals surface area contributed by atoms with Crippen molar-refractivity contribution in [2.75, 3.05) is 76.6 Å². The van der Waals surface area contributed by atoms with Gasteiger partial charge in [-0.1, -0.05) is 310 Å². The third-order valence-corrected chi connectivity index (χ3v) is 25.6. The highest BCUT2D eigenvalue weighted by atomic mass is 32.2. The lowest BCUT2D eigenvalue weighted by atomic mass is 9.74. The van der Waals surface area contributed by atoms with Crippen LogP contribution in [-0.2, 0) is 5.41 Å². The zero-order valence-electron chi connectivity index (χ0n) is 69.6. The van der Waals surface area contributed by atoms with Gasteiger partial charge in [0.15, 0.2) is 23.0 Å². The average molecular weight is 1620 g/mol. The SMILES string of the molecule is CN1c2ccc(-c3ccccc3)cc2Oc2cc(-c3ccccc3)ccc21.CN1c2ccc(-c3ccccc3)cc2Sc2cc(-c3ccccc3)ccc21.CN1c2ccccc2C(C)(C)c2ccccc21.CN1c2ccccc2N(c2ccccc2)c2ccccc21.CN1c2ccccc2Oc2ccccc21.CN1c2ccccc2Sc2ccccc21. The molecule has 0 aromatic heterocycles. The molecule has 0 unspecified atom stereocenters. The van der Waals surface area contributed by atoms with Gasteiger partial charge >= 0.3 is 0 Å². The van der Waals surface area contributed by atoms with E-state index in [1.54, 1.807) is 0 Å². The lowest BCUT2D eigenvalue weighted by molar-refractivity contribution is 0.475. The van der Waals surface area contributed by atoms with Gasteiger partial charge in [0.05, 0.1) is 68.2 Å². The molecule has 0 bridgehead atoms. The van der Waals surface area contributed by atoms with Crippen LogP contribution >= 0.6 is 23.5 Å². The monoisotopic (exact) mass is 1620 g/mol. The van der Waals surface area contributed by atoms with E-state index >= 15 is 0 Å². The van der Waals surface area contributed by atoms with Crippen LogP contribution in [0.4, 0.5) is 85.3 Å². The fraction of sp³-hybridized carbons (Fsp3) is 0.0811.